The fraction of sp³-hybridized carbons (Fsp3) is 0.370. The van der Waals surface area contributed by atoms with Crippen molar-refractivity contribution >= 4 is 17.4 Å². The van der Waals surface area contributed by atoms with E-state index in [-0.39, 0.29) is 12.1 Å². The standard InChI is InChI=1S/C27H32N6O/c1-18(2)15-32(16-19(3)4)24-11-20(12-28)9-10-23(24)31-27(34)30-14-26-22-8-6-5-7-21(22)25-13-29-17-33(25)26/h5-11,13,17-19,26H,14-16H2,1-4H3,(H2,30,31,34). The Hall–Kier alpha value is -3.79. The SMILES string of the molecule is CC(C)CN(CC(C)C)c1cc(C#N)ccc1NC(=O)NCC1c2ccccc2-c2cncn21. The van der Waals surface area contributed by atoms with Gasteiger partial charge in [0.05, 0.1) is 47.3 Å². The zero-order chi connectivity index (χ0) is 24.2. The van der Waals surface area contributed by atoms with E-state index in [2.05, 4.69) is 71.0 Å². The lowest BCUT2D eigenvalue weighted by molar-refractivity contribution is 0.251. The summed E-state index contributed by atoms with van der Waals surface area (Å²) in [6, 6.07) is 15.6. The van der Waals surface area contributed by atoms with Gasteiger partial charge in [-0.25, -0.2) is 9.78 Å². The first-order chi connectivity index (χ1) is 16.4. The number of carbonyl (C=O) groups excluding carboxylic acids is 1. The maximum Gasteiger partial charge on any atom is 0.319 e. The van der Waals surface area contributed by atoms with Crippen LogP contribution in [0.4, 0.5) is 16.2 Å². The average molecular weight is 457 g/mol. The quantitative estimate of drug-likeness (QED) is 0.484. The van der Waals surface area contributed by atoms with Gasteiger partial charge >= 0.3 is 6.03 Å². The Balaban J connectivity index is 1.52. The van der Waals surface area contributed by atoms with Gasteiger partial charge in [-0.15, -0.1) is 0 Å². The number of hydrogen-bond acceptors (Lipinski definition) is 4. The molecule has 7 heteroatoms. The molecule has 0 saturated heterocycles. The lowest BCUT2D eigenvalue weighted by Gasteiger charge is -2.30. The summed E-state index contributed by atoms with van der Waals surface area (Å²) in [7, 11) is 0. The van der Waals surface area contributed by atoms with Crippen LogP contribution in [0.5, 0.6) is 0 Å². The lowest BCUT2D eigenvalue weighted by Crippen LogP contribution is -2.35. The van der Waals surface area contributed by atoms with Gasteiger partial charge in [0.15, 0.2) is 0 Å². The zero-order valence-corrected chi connectivity index (χ0v) is 20.2. The molecule has 1 aliphatic rings. The summed E-state index contributed by atoms with van der Waals surface area (Å²) in [4.78, 5) is 19.5. The van der Waals surface area contributed by atoms with E-state index in [9.17, 15) is 10.1 Å². The molecular weight excluding hydrogens is 424 g/mol. The molecule has 176 valence electrons. The van der Waals surface area contributed by atoms with Crippen molar-refractivity contribution in [2.45, 2.75) is 33.7 Å². The van der Waals surface area contributed by atoms with Crippen LogP contribution in [0.25, 0.3) is 11.3 Å². The second-order valence-corrected chi connectivity index (χ2v) is 9.66. The van der Waals surface area contributed by atoms with Crippen LogP contribution in [-0.2, 0) is 0 Å². The molecule has 0 saturated carbocycles. The number of amides is 2. The monoisotopic (exact) mass is 456 g/mol. The molecule has 1 aliphatic heterocycles. The van der Waals surface area contributed by atoms with Gasteiger partial charge in [0.25, 0.3) is 0 Å². The zero-order valence-electron chi connectivity index (χ0n) is 20.2. The van der Waals surface area contributed by atoms with Gasteiger partial charge < -0.3 is 20.1 Å². The van der Waals surface area contributed by atoms with Gasteiger partial charge in [-0.05, 0) is 35.6 Å². The van der Waals surface area contributed by atoms with Gasteiger partial charge in [0.2, 0.25) is 0 Å². The summed E-state index contributed by atoms with van der Waals surface area (Å²) < 4.78 is 2.10. The fourth-order valence-electron chi connectivity index (χ4n) is 4.62. The molecule has 4 rings (SSSR count). The Kier molecular flexibility index (Phi) is 6.87. The summed E-state index contributed by atoms with van der Waals surface area (Å²) in [5.41, 5.74) is 5.55. The number of benzene rings is 2. The van der Waals surface area contributed by atoms with Crippen LogP contribution in [-0.4, -0.2) is 35.2 Å². The third kappa shape index (κ3) is 4.91. The molecule has 2 heterocycles. The molecule has 3 aromatic rings. The van der Waals surface area contributed by atoms with E-state index in [1.165, 1.54) is 5.56 Å². The van der Waals surface area contributed by atoms with Crippen LogP contribution >= 0.6 is 0 Å². The molecule has 1 aromatic heterocycles. The summed E-state index contributed by atoms with van der Waals surface area (Å²) in [5.74, 6) is 0.885. The minimum Gasteiger partial charge on any atom is -0.369 e. The number of aromatic nitrogens is 2. The minimum atomic E-state index is -0.272. The Labute approximate surface area is 201 Å². The average Bonchev–Trinajstić information content (AvgIpc) is 3.38. The summed E-state index contributed by atoms with van der Waals surface area (Å²) in [6.07, 6.45) is 3.67. The number of urea groups is 1. The van der Waals surface area contributed by atoms with Crippen molar-refractivity contribution in [2.75, 3.05) is 29.9 Å². The van der Waals surface area contributed by atoms with E-state index < -0.39 is 0 Å². The van der Waals surface area contributed by atoms with Crippen molar-refractivity contribution < 1.29 is 4.79 Å². The Morgan fingerprint density at radius 1 is 1.15 bits per heavy atom. The fourth-order valence-corrected chi connectivity index (χ4v) is 4.62. The second kappa shape index (κ2) is 10.0. The molecular formula is C27H32N6O. The summed E-state index contributed by atoms with van der Waals surface area (Å²) in [6.45, 7) is 10.8. The molecule has 34 heavy (non-hydrogen) atoms. The number of carbonyl (C=O) groups is 1. The topological polar surface area (TPSA) is 86.0 Å². The van der Waals surface area contributed by atoms with Crippen molar-refractivity contribution in [3.63, 3.8) is 0 Å². The van der Waals surface area contributed by atoms with Gasteiger partial charge in [0, 0.05) is 25.2 Å². The van der Waals surface area contributed by atoms with Crippen molar-refractivity contribution in [1.29, 1.82) is 5.26 Å². The highest BCUT2D eigenvalue weighted by molar-refractivity contribution is 5.93. The molecule has 1 atom stereocenters. The number of nitriles is 1. The van der Waals surface area contributed by atoms with Gasteiger partial charge in [0.1, 0.15) is 0 Å². The van der Waals surface area contributed by atoms with Crippen LogP contribution in [0.1, 0.15) is 44.9 Å². The van der Waals surface area contributed by atoms with E-state index in [4.69, 9.17) is 0 Å². The molecule has 0 fully saturated rings. The first-order valence-corrected chi connectivity index (χ1v) is 11.8. The van der Waals surface area contributed by atoms with E-state index in [0.717, 1.165) is 30.0 Å². The number of anilines is 2. The number of imidazole rings is 1. The van der Waals surface area contributed by atoms with Crippen molar-refractivity contribution in [1.82, 2.24) is 14.9 Å². The van der Waals surface area contributed by atoms with Crippen LogP contribution in [0.2, 0.25) is 0 Å². The molecule has 0 bridgehead atoms. The van der Waals surface area contributed by atoms with Crippen LogP contribution in [0.15, 0.2) is 55.0 Å². The Bertz CT molecular complexity index is 1200. The lowest BCUT2D eigenvalue weighted by atomic mass is 10.0. The van der Waals surface area contributed by atoms with Crippen molar-refractivity contribution in [3.8, 4) is 17.3 Å². The van der Waals surface area contributed by atoms with E-state index in [0.29, 0.717) is 29.6 Å². The van der Waals surface area contributed by atoms with Crippen molar-refractivity contribution in [2.24, 2.45) is 11.8 Å². The van der Waals surface area contributed by atoms with Crippen molar-refractivity contribution in [3.05, 3.63) is 66.1 Å². The normalized spacial score (nSPS) is 14.0. The van der Waals surface area contributed by atoms with Crippen LogP contribution in [0.3, 0.4) is 0 Å². The number of nitrogens with one attached hydrogen (secondary N) is 2. The Morgan fingerprint density at radius 3 is 2.59 bits per heavy atom. The summed E-state index contributed by atoms with van der Waals surface area (Å²) >= 11 is 0. The van der Waals surface area contributed by atoms with Crippen LogP contribution < -0.4 is 15.5 Å². The molecule has 0 spiro atoms. The maximum atomic E-state index is 13.0. The van der Waals surface area contributed by atoms with Gasteiger partial charge in [-0.2, -0.15) is 5.26 Å². The second-order valence-electron chi connectivity index (χ2n) is 9.66. The highest BCUT2D eigenvalue weighted by atomic mass is 16.2. The molecule has 2 amide bonds. The molecule has 0 radical (unpaired) electrons. The van der Waals surface area contributed by atoms with Gasteiger partial charge in [-0.3, -0.25) is 0 Å². The largest absolute Gasteiger partial charge is 0.369 e. The first-order valence-electron chi connectivity index (χ1n) is 11.8. The first kappa shape index (κ1) is 23.4. The van der Waals surface area contributed by atoms with Gasteiger partial charge in [-0.1, -0.05) is 52.0 Å². The highest BCUT2D eigenvalue weighted by Crippen LogP contribution is 2.38. The third-order valence-corrected chi connectivity index (χ3v) is 5.94. The maximum absolute atomic E-state index is 13.0. The summed E-state index contributed by atoms with van der Waals surface area (Å²) in [5, 5.41) is 15.5. The molecule has 1 unspecified atom stereocenters. The van der Waals surface area contributed by atoms with E-state index >= 15 is 0 Å². The number of rotatable bonds is 8. The number of fused-ring (bicyclic) bond motifs is 3. The van der Waals surface area contributed by atoms with E-state index in [1.807, 2.05) is 36.8 Å². The molecule has 0 aliphatic carbocycles. The predicted octanol–water partition coefficient (Wildman–Crippen LogP) is 5.26. The van der Waals surface area contributed by atoms with E-state index in [1.54, 1.807) is 6.07 Å². The number of nitrogens with zero attached hydrogens (tertiary/aromatic N) is 4. The predicted molar refractivity (Wildman–Crippen MR) is 136 cm³/mol. The molecule has 2 N–H and O–H groups in total. The molecule has 7 nitrogen and oxygen atoms in total. The third-order valence-electron chi connectivity index (χ3n) is 5.94. The minimum absolute atomic E-state index is 0.00161. The number of hydrogen-bond donors (Lipinski definition) is 2. The molecule has 2 aromatic carbocycles. The Morgan fingerprint density at radius 2 is 1.88 bits per heavy atom. The van der Waals surface area contributed by atoms with Crippen LogP contribution in [0, 0.1) is 23.2 Å². The smallest absolute Gasteiger partial charge is 0.319 e. The highest BCUT2D eigenvalue weighted by Gasteiger charge is 2.28.